The van der Waals surface area contributed by atoms with Crippen molar-refractivity contribution in [3.63, 3.8) is 0 Å². The van der Waals surface area contributed by atoms with Crippen molar-refractivity contribution < 1.29 is 4.42 Å². The number of halogens is 1. The highest BCUT2D eigenvalue weighted by atomic mass is 127. The molecule has 0 aliphatic rings. The van der Waals surface area contributed by atoms with Crippen molar-refractivity contribution in [2.75, 3.05) is 0 Å². The standard InChI is InChI=1S/C40H24IN3OS/c41-23-27-14-7-16-29-30-17-8-15-28(37(30)46-36(27)29)26-20-21-33-32(22-26)35-31(18-9-19-34(35)45-33)40-43-38(24-10-3-1-4-11-24)42-39(44-40)25-12-5-2-6-13-25/h1-22H,23H2. The lowest BCUT2D eigenvalue weighted by Crippen LogP contribution is -2.00. The Labute approximate surface area is 282 Å². The SMILES string of the molecule is ICc1cccc2c1sc1c(-c3ccc4oc5cccc(-c6nc(-c7ccccc7)nc(-c7ccccc7)n6)c5c4c3)cccc12. The Morgan fingerprint density at radius 3 is 1.85 bits per heavy atom. The van der Waals surface area contributed by atoms with E-state index in [0.717, 1.165) is 48.6 Å². The molecule has 0 spiro atoms. The molecule has 0 radical (unpaired) electrons. The van der Waals surface area contributed by atoms with E-state index in [9.17, 15) is 0 Å². The highest BCUT2D eigenvalue weighted by molar-refractivity contribution is 14.1. The van der Waals surface area contributed by atoms with Crippen LogP contribution in [0, 0.1) is 0 Å². The van der Waals surface area contributed by atoms with Crippen LogP contribution < -0.4 is 0 Å². The summed E-state index contributed by atoms with van der Waals surface area (Å²) in [5.74, 6) is 1.89. The smallest absolute Gasteiger partial charge is 0.164 e. The lowest BCUT2D eigenvalue weighted by Gasteiger charge is -2.09. The highest BCUT2D eigenvalue weighted by Crippen LogP contribution is 2.43. The second-order valence-electron chi connectivity index (χ2n) is 11.2. The predicted octanol–water partition coefficient (Wildman–Crippen LogP) is 11.7. The van der Waals surface area contributed by atoms with Gasteiger partial charge in [0, 0.05) is 52.1 Å². The molecule has 9 rings (SSSR count). The molecule has 6 aromatic carbocycles. The van der Waals surface area contributed by atoms with Crippen LogP contribution in [-0.4, -0.2) is 15.0 Å². The molecule has 46 heavy (non-hydrogen) atoms. The normalized spacial score (nSPS) is 11.7. The number of rotatable bonds is 5. The van der Waals surface area contributed by atoms with E-state index >= 15 is 0 Å². The molecule has 0 N–H and O–H groups in total. The molecule has 3 heterocycles. The zero-order chi connectivity index (χ0) is 30.6. The molecule has 6 heteroatoms. The number of hydrogen-bond donors (Lipinski definition) is 0. The second-order valence-corrected chi connectivity index (χ2v) is 13.0. The maximum atomic E-state index is 6.43. The van der Waals surface area contributed by atoms with Crippen LogP contribution >= 0.6 is 33.9 Å². The molecule has 9 aromatic rings. The number of fused-ring (bicyclic) bond motifs is 6. The van der Waals surface area contributed by atoms with Gasteiger partial charge < -0.3 is 4.42 Å². The highest BCUT2D eigenvalue weighted by Gasteiger charge is 2.19. The first-order chi connectivity index (χ1) is 22.7. The van der Waals surface area contributed by atoms with E-state index in [2.05, 4.69) is 83.3 Å². The Bertz CT molecular complexity index is 2520. The minimum Gasteiger partial charge on any atom is -0.456 e. The summed E-state index contributed by atoms with van der Waals surface area (Å²) in [5, 5.41) is 4.66. The van der Waals surface area contributed by atoms with E-state index in [-0.39, 0.29) is 0 Å². The molecule has 0 saturated heterocycles. The molecule has 0 atom stereocenters. The van der Waals surface area contributed by atoms with Crippen LogP contribution in [-0.2, 0) is 4.43 Å². The van der Waals surface area contributed by atoms with Crippen molar-refractivity contribution in [1.29, 1.82) is 0 Å². The average Bonchev–Trinajstić information content (AvgIpc) is 3.70. The fraction of sp³-hybridized carbons (Fsp3) is 0.0250. The van der Waals surface area contributed by atoms with Gasteiger partial charge in [0.2, 0.25) is 0 Å². The van der Waals surface area contributed by atoms with Gasteiger partial charge in [0.25, 0.3) is 0 Å². The molecular weight excluding hydrogens is 697 g/mol. The number of hydrogen-bond acceptors (Lipinski definition) is 5. The van der Waals surface area contributed by atoms with Gasteiger partial charge in [-0.1, -0.05) is 138 Å². The van der Waals surface area contributed by atoms with E-state index in [1.54, 1.807) is 0 Å². The second kappa shape index (κ2) is 11.2. The van der Waals surface area contributed by atoms with Crippen LogP contribution in [0.25, 0.3) is 87.4 Å². The van der Waals surface area contributed by atoms with Crippen LogP contribution in [0.2, 0.25) is 0 Å². The molecule has 0 fully saturated rings. The predicted molar refractivity (Wildman–Crippen MR) is 199 cm³/mol. The summed E-state index contributed by atoms with van der Waals surface area (Å²) in [7, 11) is 0. The van der Waals surface area contributed by atoms with Gasteiger partial charge in [-0.2, -0.15) is 0 Å². The van der Waals surface area contributed by atoms with E-state index in [1.807, 2.05) is 84.1 Å². The molecule has 0 saturated carbocycles. The summed E-state index contributed by atoms with van der Waals surface area (Å²) >= 11 is 4.35. The van der Waals surface area contributed by atoms with Crippen molar-refractivity contribution in [2.45, 2.75) is 4.43 Å². The Balaban J connectivity index is 1.27. The Kier molecular flexibility index (Phi) is 6.64. The van der Waals surface area contributed by atoms with Crippen molar-refractivity contribution in [1.82, 2.24) is 15.0 Å². The van der Waals surface area contributed by atoms with Crippen LogP contribution in [0.15, 0.2) is 138 Å². The summed E-state index contributed by atoms with van der Waals surface area (Å²) in [4.78, 5) is 15.0. The number of benzene rings is 6. The van der Waals surface area contributed by atoms with Gasteiger partial charge in [-0.25, -0.2) is 15.0 Å². The van der Waals surface area contributed by atoms with Crippen molar-refractivity contribution >= 4 is 76.0 Å². The summed E-state index contributed by atoms with van der Waals surface area (Å²) < 4.78 is 10.1. The maximum Gasteiger partial charge on any atom is 0.164 e. The fourth-order valence-corrected chi connectivity index (χ4v) is 8.56. The van der Waals surface area contributed by atoms with Gasteiger partial charge >= 0.3 is 0 Å². The monoisotopic (exact) mass is 721 g/mol. The summed E-state index contributed by atoms with van der Waals surface area (Å²) in [6, 6.07) is 46.1. The van der Waals surface area contributed by atoms with Gasteiger partial charge in [0.15, 0.2) is 17.5 Å². The van der Waals surface area contributed by atoms with Crippen molar-refractivity contribution in [2.24, 2.45) is 0 Å². The van der Waals surface area contributed by atoms with Crippen LogP contribution in [0.4, 0.5) is 0 Å². The summed E-state index contributed by atoms with van der Waals surface area (Å²) in [6.45, 7) is 0. The van der Waals surface area contributed by atoms with Gasteiger partial charge in [-0.15, -0.1) is 11.3 Å². The average molecular weight is 722 g/mol. The largest absolute Gasteiger partial charge is 0.456 e. The van der Waals surface area contributed by atoms with E-state index < -0.39 is 0 Å². The number of alkyl halides is 1. The topological polar surface area (TPSA) is 51.8 Å². The maximum absolute atomic E-state index is 6.43. The lowest BCUT2D eigenvalue weighted by atomic mass is 9.99. The minimum absolute atomic E-state index is 0.615. The van der Waals surface area contributed by atoms with E-state index in [1.165, 1.54) is 31.3 Å². The lowest BCUT2D eigenvalue weighted by molar-refractivity contribution is 0.669. The Morgan fingerprint density at radius 1 is 0.500 bits per heavy atom. The van der Waals surface area contributed by atoms with Gasteiger partial charge in [0.05, 0.1) is 0 Å². The number of furan rings is 1. The number of thiophene rings is 1. The third-order valence-electron chi connectivity index (χ3n) is 8.50. The zero-order valence-corrected chi connectivity index (χ0v) is 27.4. The molecule has 0 unspecified atom stereocenters. The minimum atomic E-state index is 0.615. The zero-order valence-electron chi connectivity index (χ0n) is 24.4. The first-order valence-corrected chi connectivity index (χ1v) is 17.4. The first-order valence-electron chi connectivity index (χ1n) is 15.1. The van der Waals surface area contributed by atoms with E-state index in [0.29, 0.717) is 17.5 Å². The number of aromatic nitrogens is 3. The molecule has 0 bridgehead atoms. The molecular formula is C40H24IN3OS. The third-order valence-corrected chi connectivity index (χ3v) is 10.6. The van der Waals surface area contributed by atoms with E-state index in [4.69, 9.17) is 19.4 Å². The van der Waals surface area contributed by atoms with Gasteiger partial charge in [-0.05, 0) is 34.9 Å². The molecule has 4 nitrogen and oxygen atoms in total. The van der Waals surface area contributed by atoms with Crippen LogP contribution in [0.5, 0.6) is 0 Å². The molecule has 0 aliphatic carbocycles. The third kappa shape index (κ3) is 4.51. The Morgan fingerprint density at radius 2 is 1.13 bits per heavy atom. The summed E-state index contributed by atoms with van der Waals surface area (Å²) in [6.07, 6.45) is 0. The molecule has 0 amide bonds. The molecule has 0 aliphatic heterocycles. The Hall–Kier alpha value is -4.92. The first kappa shape index (κ1) is 27.4. The number of nitrogens with zero attached hydrogens (tertiary/aromatic N) is 3. The van der Waals surface area contributed by atoms with Gasteiger partial charge in [0.1, 0.15) is 11.2 Å². The van der Waals surface area contributed by atoms with Gasteiger partial charge in [-0.3, -0.25) is 0 Å². The quantitative estimate of drug-likeness (QED) is 0.131. The molecule has 3 aromatic heterocycles. The summed E-state index contributed by atoms with van der Waals surface area (Å²) in [5.41, 5.74) is 8.20. The fourth-order valence-electron chi connectivity index (χ4n) is 6.32. The van der Waals surface area contributed by atoms with Crippen LogP contribution in [0.1, 0.15) is 5.56 Å². The molecule has 218 valence electrons. The van der Waals surface area contributed by atoms with Crippen molar-refractivity contribution in [3.8, 4) is 45.3 Å². The van der Waals surface area contributed by atoms with Crippen molar-refractivity contribution in [3.05, 3.63) is 139 Å². The van der Waals surface area contributed by atoms with Crippen LogP contribution in [0.3, 0.4) is 0 Å².